The van der Waals surface area contributed by atoms with E-state index in [1.54, 1.807) is 11.9 Å². The van der Waals surface area contributed by atoms with E-state index in [0.717, 1.165) is 15.6 Å². The SMILES string of the molecule is CNC(=O)C(Cc1ccccc1)N(Cc1ccc(Br)cc1)C(=O)COc1ccc(C(C)C)cc1. The minimum Gasteiger partial charge on any atom is -0.484 e. The summed E-state index contributed by atoms with van der Waals surface area (Å²) in [6.07, 6.45) is 0.409. The van der Waals surface area contributed by atoms with E-state index < -0.39 is 6.04 Å². The Morgan fingerprint density at radius 1 is 0.912 bits per heavy atom. The summed E-state index contributed by atoms with van der Waals surface area (Å²) in [7, 11) is 1.59. The van der Waals surface area contributed by atoms with Crippen molar-refractivity contribution in [3.63, 3.8) is 0 Å². The van der Waals surface area contributed by atoms with E-state index in [-0.39, 0.29) is 18.4 Å². The second-order valence-electron chi connectivity index (χ2n) is 8.48. The second kappa shape index (κ2) is 12.4. The number of likely N-dealkylation sites (N-methyl/N-ethyl adjacent to an activating group) is 1. The Labute approximate surface area is 210 Å². The molecule has 0 aliphatic carbocycles. The van der Waals surface area contributed by atoms with Gasteiger partial charge in [0.2, 0.25) is 5.91 Å². The first kappa shape index (κ1) is 25.5. The molecule has 5 nitrogen and oxygen atoms in total. The van der Waals surface area contributed by atoms with Gasteiger partial charge in [0.25, 0.3) is 5.91 Å². The molecule has 178 valence electrons. The third-order valence-electron chi connectivity index (χ3n) is 5.69. The van der Waals surface area contributed by atoms with Crippen LogP contribution in [0.5, 0.6) is 5.75 Å². The van der Waals surface area contributed by atoms with Gasteiger partial charge in [-0.1, -0.05) is 84.4 Å². The van der Waals surface area contributed by atoms with Gasteiger partial charge in [-0.05, 0) is 46.9 Å². The second-order valence-corrected chi connectivity index (χ2v) is 9.40. The summed E-state index contributed by atoms with van der Waals surface area (Å²) in [6.45, 7) is 4.41. The molecule has 0 aliphatic rings. The summed E-state index contributed by atoms with van der Waals surface area (Å²) in [6, 6.07) is 24.6. The monoisotopic (exact) mass is 522 g/mol. The number of rotatable bonds is 10. The van der Waals surface area contributed by atoms with Gasteiger partial charge in [-0.3, -0.25) is 9.59 Å². The average Bonchev–Trinajstić information content (AvgIpc) is 2.86. The van der Waals surface area contributed by atoms with E-state index in [4.69, 9.17) is 4.74 Å². The van der Waals surface area contributed by atoms with Gasteiger partial charge in [0.05, 0.1) is 0 Å². The summed E-state index contributed by atoms with van der Waals surface area (Å²) in [5, 5.41) is 2.72. The van der Waals surface area contributed by atoms with Crippen LogP contribution in [0.3, 0.4) is 0 Å². The zero-order valence-corrected chi connectivity index (χ0v) is 21.4. The lowest BCUT2D eigenvalue weighted by Crippen LogP contribution is -2.51. The van der Waals surface area contributed by atoms with E-state index in [1.165, 1.54) is 5.56 Å². The molecule has 6 heteroatoms. The van der Waals surface area contributed by atoms with Gasteiger partial charge in [0.15, 0.2) is 6.61 Å². The van der Waals surface area contributed by atoms with Gasteiger partial charge in [-0.2, -0.15) is 0 Å². The van der Waals surface area contributed by atoms with Crippen molar-refractivity contribution in [1.29, 1.82) is 0 Å². The van der Waals surface area contributed by atoms with Gasteiger partial charge in [0.1, 0.15) is 11.8 Å². The predicted octanol–water partition coefficient (Wildman–Crippen LogP) is 5.34. The van der Waals surface area contributed by atoms with Gasteiger partial charge in [-0.25, -0.2) is 0 Å². The lowest BCUT2D eigenvalue weighted by molar-refractivity contribution is -0.142. The van der Waals surface area contributed by atoms with Gasteiger partial charge >= 0.3 is 0 Å². The number of hydrogen-bond donors (Lipinski definition) is 1. The normalized spacial score (nSPS) is 11.7. The predicted molar refractivity (Wildman–Crippen MR) is 139 cm³/mol. The Hall–Kier alpha value is -3.12. The summed E-state index contributed by atoms with van der Waals surface area (Å²) in [5.74, 6) is 0.584. The summed E-state index contributed by atoms with van der Waals surface area (Å²) in [5.41, 5.74) is 3.12. The van der Waals surface area contributed by atoms with E-state index >= 15 is 0 Å². The minimum atomic E-state index is -0.671. The van der Waals surface area contributed by atoms with E-state index in [9.17, 15) is 9.59 Å². The first-order chi connectivity index (χ1) is 16.4. The largest absolute Gasteiger partial charge is 0.484 e. The Bertz CT molecular complexity index is 1070. The van der Waals surface area contributed by atoms with Gasteiger partial charge in [-0.15, -0.1) is 0 Å². The fraction of sp³-hybridized carbons (Fsp3) is 0.286. The molecule has 3 aromatic carbocycles. The number of carbonyl (C=O) groups is 2. The molecule has 0 radical (unpaired) electrons. The Morgan fingerprint density at radius 3 is 2.15 bits per heavy atom. The van der Waals surface area contributed by atoms with Gasteiger partial charge < -0.3 is 15.0 Å². The van der Waals surface area contributed by atoms with E-state index in [2.05, 4.69) is 35.1 Å². The van der Waals surface area contributed by atoms with Crippen molar-refractivity contribution in [3.8, 4) is 5.75 Å². The quantitative estimate of drug-likeness (QED) is 0.391. The smallest absolute Gasteiger partial charge is 0.261 e. The highest BCUT2D eigenvalue weighted by molar-refractivity contribution is 9.10. The Morgan fingerprint density at radius 2 is 1.56 bits per heavy atom. The minimum absolute atomic E-state index is 0.153. The molecular weight excluding hydrogens is 492 g/mol. The molecule has 3 aromatic rings. The van der Waals surface area contributed by atoms with Crippen LogP contribution >= 0.6 is 15.9 Å². The van der Waals surface area contributed by atoms with Gasteiger partial charge in [0, 0.05) is 24.5 Å². The molecule has 0 saturated heterocycles. The summed E-state index contributed by atoms with van der Waals surface area (Å²) in [4.78, 5) is 28.0. The molecule has 1 N–H and O–H groups in total. The van der Waals surface area contributed by atoms with Crippen molar-refractivity contribution >= 4 is 27.7 Å². The number of ether oxygens (including phenoxy) is 1. The van der Waals surface area contributed by atoms with Crippen molar-refractivity contribution in [2.45, 2.75) is 38.8 Å². The van der Waals surface area contributed by atoms with Crippen LogP contribution in [0.2, 0.25) is 0 Å². The molecule has 0 spiro atoms. The van der Waals surface area contributed by atoms with Crippen LogP contribution in [0.15, 0.2) is 83.3 Å². The molecule has 0 fully saturated rings. The lowest BCUT2D eigenvalue weighted by Gasteiger charge is -2.31. The highest BCUT2D eigenvalue weighted by atomic mass is 79.9. The number of nitrogens with one attached hydrogen (secondary N) is 1. The fourth-order valence-corrected chi connectivity index (χ4v) is 3.95. The third-order valence-corrected chi connectivity index (χ3v) is 6.22. The standard InChI is InChI=1S/C28H31BrN2O3/c1-20(2)23-11-15-25(16-12-23)34-19-27(32)31(18-22-9-13-24(29)14-10-22)26(28(33)30-3)17-21-7-5-4-6-8-21/h4-16,20,26H,17-19H2,1-3H3,(H,30,33). The zero-order chi connectivity index (χ0) is 24.5. The molecule has 2 amide bonds. The number of benzene rings is 3. The number of carbonyl (C=O) groups excluding carboxylic acids is 2. The van der Waals surface area contributed by atoms with Crippen molar-refractivity contribution < 1.29 is 14.3 Å². The van der Waals surface area contributed by atoms with Crippen LogP contribution in [0.4, 0.5) is 0 Å². The molecule has 34 heavy (non-hydrogen) atoms. The van der Waals surface area contributed by atoms with Crippen LogP contribution in [0.25, 0.3) is 0 Å². The molecule has 0 aromatic heterocycles. The molecule has 0 aliphatic heterocycles. The molecule has 3 rings (SSSR count). The topological polar surface area (TPSA) is 58.6 Å². The molecule has 1 unspecified atom stereocenters. The number of halogens is 1. The maximum atomic E-state index is 13.4. The first-order valence-corrected chi connectivity index (χ1v) is 12.2. The van der Waals surface area contributed by atoms with Crippen LogP contribution < -0.4 is 10.1 Å². The lowest BCUT2D eigenvalue weighted by atomic mass is 10.0. The summed E-state index contributed by atoms with van der Waals surface area (Å²) < 4.78 is 6.78. The maximum absolute atomic E-state index is 13.4. The van der Waals surface area contributed by atoms with Crippen molar-refractivity contribution in [2.24, 2.45) is 0 Å². The maximum Gasteiger partial charge on any atom is 0.261 e. The van der Waals surface area contributed by atoms with E-state index in [0.29, 0.717) is 24.6 Å². The number of amides is 2. The molecule has 1 atom stereocenters. The number of nitrogens with zero attached hydrogens (tertiary/aromatic N) is 1. The average molecular weight is 523 g/mol. The molecule has 0 bridgehead atoms. The highest BCUT2D eigenvalue weighted by Gasteiger charge is 2.30. The highest BCUT2D eigenvalue weighted by Crippen LogP contribution is 2.20. The Kier molecular flexibility index (Phi) is 9.28. The summed E-state index contributed by atoms with van der Waals surface area (Å²) >= 11 is 3.45. The van der Waals surface area contributed by atoms with Crippen LogP contribution in [0, 0.1) is 0 Å². The van der Waals surface area contributed by atoms with Crippen LogP contribution in [-0.4, -0.2) is 36.4 Å². The van der Waals surface area contributed by atoms with Crippen molar-refractivity contribution in [1.82, 2.24) is 10.2 Å². The molecular formula is C28H31BrN2O3. The van der Waals surface area contributed by atoms with Crippen molar-refractivity contribution in [3.05, 3.63) is 100 Å². The fourth-order valence-electron chi connectivity index (χ4n) is 3.68. The van der Waals surface area contributed by atoms with Crippen molar-refractivity contribution in [2.75, 3.05) is 13.7 Å². The third kappa shape index (κ3) is 7.19. The Balaban J connectivity index is 1.83. The zero-order valence-electron chi connectivity index (χ0n) is 19.8. The molecule has 0 heterocycles. The van der Waals surface area contributed by atoms with Crippen LogP contribution in [0.1, 0.15) is 36.5 Å². The number of hydrogen-bond acceptors (Lipinski definition) is 3. The van der Waals surface area contributed by atoms with Crippen LogP contribution in [-0.2, 0) is 22.6 Å². The molecule has 0 saturated carbocycles. The van der Waals surface area contributed by atoms with E-state index in [1.807, 2.05) is 78.9 Å². The first-order valence-electron chi connectivity index (χ1n) is 11.4.